The predicted octanol–water partition coefficient (Wildman–Crippen LogP) is 7.65. The molecular formula is C21H46ClN. The molecular weight excluding hydrogens is 302 g/mol. The maximum absolute atomic E-state index is 6.92. The van der Waals surface area contributed by atoms with Crippen LogP contribution >= 0.6 is 12.4 Å². The number of hydrogen-bond donors (Lipinski definition) is 1. The predicted molar refractivity (Wildman–Crippen MR) is 110 cm³/mol. The first-order valence-corrected chi connectivity index (χ1v) is 10.4. The van der Waals surface area contributed by atoms with Crippen molar-refractivity contribution in [2.24, 2.45) is 11.7 Å². The minimum Gasteiger partial charge on any atom is -0.325 e. The molecule has 1 unspecified atom stereocenters. The molecule has 1 atom stereocenters. The first-order valence-electron chi connectivity index (χ1n) is 10.4. The Bertz CT molecular complexity index is 218. The van der Waals surface area contributed by atoms with Crippen molar-refractivity contribution >= 4 is 12.4 Å². The second-order valence-electron chi connectivity index (χ2n) is 7.60. The van der Waals surface area contributed by atoms with E-state index in [1.54, 1.807) is 0 Å². The summed E-state index contributed by atoms with van der Waals surface area (Å²) in [4.78, 5) is 0. The lowest BCUT2D eigenvalue weighted by Gasteiger charge is -2.36. The molecule has 0 aromatic heterocycles. The van der Waals surface area contributed by atoms with Crippen molar-refractivity contribution in [3.8, 4) is 0 Å². The Hall–Kier alpha value is 0.250. The Balaban J connectivity index is 0. The van der Waals surface area contributed by atoms with Crippen LogP contribution in [0.5, 0.6) is 0 Å². The molecule has 0 radical (unpaired) electrons. The van der Waals surface area contributed by atoms with E-state index < -0.39 is 0 Å². The first kappa shape index (κ1) is 25.5. The second kappa shape index (κ2) is 17.1. The summed E-state index contributed by atoms with van der Waals surface area (Å²) in [6.45, 7) is 9.29. The van der Waals surface area contributed by atoms with Gasteiger partial charge in [-0.1, -0.05) is 105 Å². The van der Waals surface area contributed by atoms with E-state index in [1.807, 2.05) is 0 Å². The van der Waals surface area contributed by atoms with Gasteiger partial charge in [-0.15, -0.1) is 12.4 Å². The van der Waals surface area contributed by atoms with Crippen LogP contribution in [0.2, 0.25) is 0 Å². The molecule has 0 aromatic carbocycles. The van der Waals surface area contributed by atoms with Crippen LogP contribution in [-0.4, -0.2) is 5.54 Å². The number of hydrogen-bond acceptors (Lipinski definition) is 1. The van der Waals surface area contributed by atoms with Crippen LogP contribution in [0, 0.1) is 5.92 Å². The molecule has 1 nitrogen and oxygen atoms in total. The van der Waals surface area contributed by atoms with Gasteiger partial charge in [0.05, 0.1) is 0 Å². The zero-order valence-electron chi connectivity index (χ0n) is 16.7. The van der Waals surface area contributed by atoms with Crippen molar-refractivity contribution in [1.29, 1.82) is 0 Å². The fourth-order valence-corrected chi connectivity index (χ4v) is 3.54. The monoisotopic (exact) mass is 347 g/mol. The molecule has 0 spiro atoms. The van der Waals surface area contributed by atoms with E-state index in [0.717, 1.165) is 0 Å². The van der Waals surface area contributed by atoms with E-state index in [9.17, 15) is 0 Å². The number of halogens is 1. The van der Waals surface area contributed by atoms with Crippen LogP contribution in [0.3, 0.4) is 0 Å². The van der Waals surface area contributed by atoms with Gasteiger partial charge >= 0.3 is 0 Å². The summed E-state index contributed by atoms with van der Waals surface area (Å²) in [5.41, 5.74) is 7.03. The lowest BCUT2D eigenvalue weighted by molar-refractivity contribution is 0.220. The molecule has 0 heterocycles. The van der Waals surface area contributed by atoms with Crippen LogP contribution in [0.4, 0.5) is 0 Å². The summed E-state index contributed by atoms with van der Waals surface area (Å²) in [7, 11) is 0. The summed E-state index contributed by atoms with van der Waals surface area (Å²) >= 11 is 0. The van der Waals surface area contributed by atoms with Crippen LogP contribution in [-0.2, 0) is 0 Å². The van der Waals surface area contributed by atoms with E-state index in [2.05, 4.69) is 27.7 Å². The third-order valence-electron chi connectivity index (χ3n) is 5.46. The van der Waals surface area contributed by atoms with Crippen LogP contribution in [0.25, 0.3) is 0 Å². The molecule has 0 saturated carbocycles. The number of nitrogens with two attached hydrogens (primary N) is 1. The second-order valence-corrected chi connectivity index (χ2v) is 7.60. The molecule has 0 rings (SSSR count). The van der Waals surface area contributed by atoms with Gasteiger partial charge in [0.15, 0.2) is 0 Å². The Kier molecular flexibility index (Phi) is 18.9. The van der Waals surface area contributed by atoms with Gasteiger partial charge in [0.2, 0.25) is 0 Å². The molecule has 2 N–H and O–H groups in total. The largest absolute Gasteiger partial charge is 0.325 e. The zero-order valence-corrected chi connectivity index (χ0v) is 17.5. The maximum atomic E-state index is 6.92. The van der Waals surface area contributed by atoms with E-state index >= 15 is 0 Å². The van der Waals surface area contributed by atoms with E-state index in [4.69, 9.17) is 5.73 Å². The molecule has 0 aliphatic heterocycles. The molecule has 142 valence electrons. The normalized spacial score (nSPS) is 12.9. The highest BCUT2D eigenvalue weighted by molar-refractivity contribution is 5.85. The molecule has 0 aromatic rings. The summed E-state index contributed by atoms with van der Waals surface area (Å²) in [5.74, 6) is 0.688. The molecule has 0 aliphatic carbocycles. The van der Waals surface area contributed by atoms with Crippen molar-refractivity contribution in [2.45, 2.75) is 130 Å². The van der Waals surface area contributed by atoms with Gasteiger partial charge in [0, 0.05) is 5.54 Å². The summed E-state index contributed by atoms with van der Waals surface area (Å²) in [6.07, 6.45) is 20.1. The Morgan fingerprint density at radius 2 is 1.04 bits per heavy atom. The Morgan fingerprint density at radius 3 is 1.43 bits per heavy atom. The fourth-order valence-electron chi connectivity index (χ4n) is 3.54. The molecule has 0 bridgehead atoms. The van der Waals surface area contributed by atoms with Gasteiger partial charge in [-0.2, -0.15) is 0 Å². The van der Waals surface area contributed by atoms with Gasteiger partial charge < -0.3 is 5.73 Å². The number of rotatable bonds is 16. The van der Waals surface area contributed by atoms with Gasteiger partial charge in [0.1, 0.15) is 0 Å². The van der Waals surface area contributed by atoms with Gasteiger partial charge in [0.25, 0.3) is 0 Å². The lowest BCUT2D eigenvalue weighted by atomic mass is 9.75. The van der Waals surface area contributed by atoms with Crippen LogP contribution in [0.1, 0.15) is 124 Å². The average Bonchev–Trinajstić information content (AvgIpc) is 2.52. The highest BCUT2D eigenvalue weighted by atomic mass is 35.5. The zero-order chi connectivity index (χ0) is 16.7. The fraction of sp³-hybridized carbons (Fsp3) is 1.00. The van der Waals surface area contributed by atoms with Gasteiger partial charge in [-0.3, -0.25) is 0 Å². The van der Waals surface area contributed by atoms with Crippen LogP contribution < -0.4 is 5.73 Å². The Labute approximate surface area is 154 Å². The number of unbranched alkanes of at least 4 members (excludes halogenated alkanes) is 9. The molecule has 2 heteroatoms. The minimum atomic E-state index is 0. The van der Waals surface area contributed by atoms with Gasteiger partial charge in [-0.25, -0.2) is 0 Å². The summed E-state index contributed by atoms with van der Waals surface area (Å²) < 4.78 is 0. The topological polar surface area (TPSA) is 26.0 Å². The third-order valence-corrected chi connectivity index (χ3v) is 5.46. The summed E-state index contributed by atoms with van der Waals surface area (Å²) in [6, 6.07) is 0. The lowest BCUT2D eigenvalue weighted by Crippen LogP contribution is -2.46. The maximum Gasteiger partial charge on any atom is 0.0180 e. The van der Waals surface area contributed by atoms with E-state index in [1.165, 1.54) is 96.3 Å². The molecule has 0 amide bonds. The SMILES string of the molecule is CCCCCCC(C)C(N)(CCCCCC)CCCCCC.Cl. The van der Waals surface area contributed by atoms with E-state index in [0.29, 0.717) is 5.92 Å². The van der Waals surface area contributed by atoms with Crippen molar-refractivity contribution < 1.29 is 0 Å². The van der Waals surface area contributed by atoms with Crippen molar-refractivity contribution in [3.63, 3.8) is 0 Å². The Morgan fingerprint density at radius 1 is 0.652 bits per heavy atom. The molecule has 0 aliphatic rings. The first-order chi connectivity index (χ1) is 10.6. The highest BCUT2D eigenvalue weighted by Crippen LogP contribution is 2.31. The quantitative estimate of drug-likeness (QED) is 0.285. The molecule has 0 fully saturated rings. The minimum absolute atomic E-state index is 0. The molecule has 23 heavy (non-hydrogen) atoms. The summed E-state index contributed by atoms with van der Waals surface area (Å²) in [5, 5.41) is 0. The standard InChI is InChI=1S/C21H45N.ClH/c1-5-8-11-14-17-20(4)21(22,18-15-12-9-6-2)19-16-13-10-7-3;/h20H,5-19,22H2,1-4H3;1H. The van der Waals surface area contributed by atoms with Gasteiger partial charge in [-0.05, 0) is 25.2 Å². The van der Waals surface area contributed by atoms with Crippen molar-refractivity contribution in [1.82, 2.24) is 0 Å². The van der Waals surface area contributed by atoms with Crippen molar-refractivity contribution in [3.05, 3.63) is 0 Å². The van der Waals surface area contributed by atoms with Crippen molar-refractivity contribution in [2.75, 3.05) is 0 Å². The highest BCUT2D eigenvalue weighted by Gasteiger charge is 2.30. The van der Waals surface area contributed by atoms with E-state index in [-0.39, 0.29) is 17.9 Å². The molecule has 0 saturated heterocycles. The third kappa shape index (κ3) is 13.2. The smallest absolute Gasteiger partial charge is 0.0180 e. The average molecular weight is 348 g/mol. The van der Waals surface area contributed by atoms with Crippen LogP contribution in [0.15, 0.2) is 0 Å².